The zero-order valence-electron chi connectivity index (χ0n) is 8.91. The van der Waals surface area contributed by atoms with Gasteiger partial charge in [0.05, 0.1) is 11.6 Å². The Balaban J connectivity index is 1.92. The van der Waals surface area contributed by atoms with E-state index in [1.807, 2.05) is 0 Å². The van der Waals surface area contributed by atoms with Crippen molar-refractivity contribution in [1.82, 2.24) is 10.2 Å². The number of hydrogen-bond donors (Lipinski definition) is 2. The Morgan fingerprint density at radius 1 is 1.35 bits per heavy atom. The van der Waals surface area contributed by atoms with E-state index >= 15 is 0 Å². The number of rotatable bonds is 4. The van der Waals surface area contributed by atoms with E-state index in [0.717, 1.165) is 5.69 Å². The van der Waals surface area contributed by atoms with Crippen LogP contribution < -0.4 is 10.5 Å². The van der Waals surface area contributed by atoms with Crippen LogP contribution in [0.3, 0.4) is 0 Å². The Morgan fingerprint density at radius 2 is 2.18 bits per heavy atom. The molecular formula is C11H11Cl2N3O. The second-order valence-electron chi connectivity index (χ2n) is 3.47. The molecule has 0 aliphatic carbocycles. The molecule has 2 aromatic rings. The van der Waals surface area contributed by atoms with Gasteiger partial charge < -0.3 is 10.5 Å². The molecule has 0 fully saturated rings. The van der Waals surface area contributed by atoms with Crippen molar-refractivity contribution in [2.24, 2.45) is 0 Å². The summed E-state index contributed by atoms with van der Waals surface area (Å²) in [6.07, 6.45) is 0.674. The summed E-state index contributed by atoms with van der Waals surface area (Å²) in [4.78, 5) is 0. The zero-order chi connectivity index (χ0) is 12.3. The van der Waals surface area contributed by atoms with E-state index in [1.165, 1.54) is 0 Å². The number of H-pyrrole nitrogens is 1. The maximum Gasteiger partial charge on any atom is 0.145 e. The number of nitrogens with zero attached hydrogens (tertiary/aromatic N) is 1. The second-order valence-corrected chi connectivity index (χ2v) is 4.25. The van der Waals surface area contributed by atoms with Crippen molar-refractivity contribution in [3.8, 4) is 5.75 Å². The Morgan fingerprint density at radius 3 is 2.88 bits per heavy atom. The Bertz CT molecular complexity index is 513. The standard InChI is InChI=1S/C11H11Cl2N3O/c12-8-2-1-3-9(11(8)13)17-5-4-7-6-10(14)16-15-7/h1-3,6H,4-5H2,(H3,14,15,16). The number of ether oxygens (including phenoxy) is 1. The van der Waals surface area contributed by atoms with E-state index < -0.39 is 0 Å². The van der Waals surface area contributed by atoms with Crippen molar-refractivity contribution in [2.75, 3.05) is 12.3 Å². The maximum absolute atomic E-state index is 5.98. The average Bonchev–Trinajstić information content (AvgIpc) is 2.70. The molecule has 0 saturated heterocycles. The molecule has 4 nitrogen and oxygen atoms in total. The number of aromatic amines is 1. The SMILES string of the molecule is Nc1cc(CCOc2cccc(Cl)c2Cl)[nH]n1. The highest BCUT2D eigenvalue weighted by Gasteiger charge is 2.05. The predicted molar refractivity (Wildman–Crippen MR) is 68.7 cm³/mol. The van der Waals surface area contributed by atoms with Crippen molar-refractivity contribution in [3.63, 3.8) is 0 Å². The molecule has 3 N–H and O–H groups in total. The fraction of sp³-hybridized carbons (Fsp3) is 0.182. The Labute approximate surface area is 109 Å². The van der Waals surface area contributed by atoms with Crippen LogP contribution in [0.1, 0.15) is 5.69 Å². The average molecular weight is 272 g/mol. The summed E-state index contributed by atoms with van der Waals surface area (Å²) in [5.74, 6) is 1.05. The lowest BCUT2D eigenvalue weighted by Gasteiger charge is -2.07. The lowest BCUT2D eigenvalue weighted by atomic mass is 10.3. The van der Waals surface area contributed by atoms with Crippen LogP contribution in [0.15, 0.2) is 24.3 Å². The third-order valence-electron chi connectivity index (χ3n) is 2.20. The number of benzene rings is 1. The van der Waals surface area contributed by atoms with Crippen molar-refractivity contribution in [1.29, 1.82) is 0 Å². The first-order valence-corrected chi connectivity index (χ1v) is 5.79. The van der Waals surface area contributed by atoms with Crippen LogP contribution in [0.25, 0.3) is 0 Å². The van der Waals surface area contributed by atoms with Crippen LogP contribution >= 0.6 is 23.2 Å². The van der Waals surface area contributed by atoms with Gasteiger partial charge in [-0.2, -0.15) is 5.10 Å². The van der Waals surface area contributed by atoms with Gasteiger partial charge in [0.1, 0.15) is 16.6 Å². The molecule has 17 heavy (non-hydrogen) atoms. The fourth-order valence-corrected chi connectivity index (χ4v) is 1.72. The minimum Gasteiger partial charge on any atom is -0.492 e. The topological polar surface area (TPSA) is 63.9 Å². The van der Waals surface area contributed by atoms with Gasteiger partial charge in [0.15, 0.2) is 0 Å². The molecule has 1 aromatic carbocycles. The first-order valence-electron chi connectivity index (χ1n) is 5.03. The van der Waals surface area contributed by atoms with Crippen LogP contribution in [0.2, 0.25) is 10.0 Å². The quantitative estimate of drug-likeness (QED) is 0.899. The fourth-order valence-electron chi connectivity index (χ4n) is 1.37. The highest BCUT2D eigenvalue weighted by molar-refractivity contribution is 6.42. The van der Waals surface area contributed by atoms with Gasteiger partial charge in [-0.15, -0.1) is 0 Å². The van der Waals surface area contributed by atoms with Gasteiger partial charge in [0.2, 0.25) is 0 Å². The number of aromatic nitrogens is 2. The van der Waals surface area contributed by atoms with E-state index in [9.17, 15) is 0 Å². The van der Waals surface area contributed by atoms with Crippen LogP contribution in [0, 0.1) is 0 Å². The lowest BCUT2D eigenvalue weighted by molar-refractivity contribution is 0.320. The van der Waals surface area contributed by atoms with Gasteiger partial charge >= 0.3 is 0 Å². The minimum absolute atomic E-state index is 0.429. The summed E-state index contributed by atoms with van der Waals surface area (Å²) >= 11 is 11.9. The van der Waals surface area contributed by atoms with Crippen molar-refractivity contribution in [2.45, 2.75) is 6.42 Å². The molecule has 6 heteroatoms. The van der Waals surface area contributed by atoms with Gasteiger partial charge in [-0.1, -0.05) is 29.3 Å². The number of anilines is 1. The summed E-state index contributed by atoms with van der Waals surface area (Å²) in [5, 5.41) is 7.54. The van der Waals surface area contributed by atoms with E-state index in [1.54, 1.807) is 24.3 Å². The number of nitrogens with two attached hydrogens (primary N) is 1. The van der Waals surface area contributed by atoms with E-state index in [2.05, 4.69) is 10.2 Å². The highest BCUT2D eigenvalue weighted by atomic mass is 35.5. The smallest absolute Gasteiger partial charge is 0.145 e. The third-order valence-corrected chi connectivity index (χ3v) is 3.00. The zero-order valence-corrected chi connectivity index (χ0v) is 10.4. The summed E-state index contributed by atoms with van der Waals surface area (Å²) in [7, 11) is 0. The first-order chi connectivity index (χ1) is 8.16. The number of hydrogen-bond acceptors (Lipinski definition) is 3. The summed E-state index contributed by atoms with van der Waals surface area (Å²) in [5.41, 5.74) is 6.40. The summed E-state index contributed by atoms with van der Waals surface area (Å²) in [6, 6.07) is 7.04. The van der Waals surface area contributed by atoms with Gasteiger partial charge in [0.25, 0.3) is 0 Å². The van der Waals surface area contributed by atoms with Gasteiger partial charge in [-0.05, 0) is 12.1 Å². The molecule has 2 rings (SSSR count). The van der Waals surface area contributed by atoms with E-state index in [0.29, 0.717) is 34.6 Å². The molecule has 0 atom stereocenters. The molecule has 0 saturated carbocycles. The Hall–Kier alpha value is -1.39. The monoisotopic (exact) mass is 271 g/mol. The summed E-state index contributed by atoms with van der Waals surface area (Å²) in [6.45, 7) is 0.474. The van der Waals surface area contributed by atoms with Crippen molar-refractivity contribution in [3.05, 3.63) is 40.0 Å². The maximum atomic E-state index is 5.98. The van der Waals surface area contributed by atoms with Gasteiger partial charge in [-0.25, -0.2) is 0 Å². The minimum atomic E-state index is 0.429. The molecule has 0 radical (unpaired) electrons. The van der Waals surface area contributed by atoms with E-state index in [4.69, 9.17) is 33.7 Å². The van der Waals surface area contributed by atoms with Gasteiger partial charge in [0, 0.05) is 18.2 Å². The lowest BCUT2D eigenvalue weighted by Crippen LogP contribution is -2.02. The molecule has 0 aliphatic heterocycles. The Kier molecular flexibility index (Phi) is 3.76. The van der Waals surface area contributed by atoms with Crippen molar-refractivity contribution >= 4 is 29.0 Å². The molecule has 0 amide bonds. The van der Waals surface area contributed by atoms with Crippen LogP contribution in [-0.2, 0) is 6.42 Å². The molecular weight excluding hydrogens is 261 g/mol. The molecule has 1 heterocycles. The largest absolute Gasteiger partial charge is 0.492 e. The molecule has 0 bridgehead atoms. The number of halogens is 2. The number of nitrogens with one attached hydrogen (secondary N) is 1. The highest BCUT2D eigenvalue weighted by Crippen LogP contribution is 2.31. The van der Waals surface area contributed by atoms with Crippen LogP contribution in [-0.4, -0.2) is 16.8 Å². The molecule has 0 aliphatic rings. The number of nitrogen functional groups attached to an aromatic ring is 1. The van der Waals surface area contributed by atoms with Crippen molar-refractivity contribution < 1.29 is 4.74 Å². The van der Waals surface area contributed by atoms with E-state index in [-0.39, 0.29) is 0 Å². The van der Waals surface area contributed by atoms with Gasteiger partial charge in [-0.3, -0.25) is 5.10 Å². The van der Waals surface area contributed by atoms with Crippen LogP contribution in [0.5, 0.6) is 5.75 Å². The second kappa shape index (κ2) is 5.29. The molecule has 0 spiro atoms. The predicted octanol–water partition coefficient (Wildman–Crippen LogP) is 2.92. The molecule has 0 unspecified atom stereocenters. The van der Waals surface area contributed by atoms with Crippen LogP contribution in [0.4, 0.5) is 5.82 Å². The molecule has 90 valence electrons. The summed E-state index contributed by atoms with van der Waals surface area (Å²) < 4.78 is 5.53. The first kappa shape index (κ1) is 12.1. The third kappa shape index (κ3) is 3.05. The molecule has 1 aromatic heterocycles. The normalized spacial score (nSPS) is 10.5.